The number of carboxylic acid groups (broad SMARTS) is 1. The number of carboxylic acids is 1. The number of rotatable bonds is 2. The highest BCUT2D eigenvalue weighted by Crippen LogP contribution is 2.36. The molecule has 0 radical (unpaired) electrons. The van der Waals surface area contributed by atoms with Crippen molar-refractivity contribution in [2.75, 3.05) is 0 Å². The topological polar surface area (TPSA) is 50.2 Å². The number of pyridine rings is 1. The summed E-state index contributed by atoms with van der Waals surface area (Å²) in [5.74, 6) is -1.63. The standard InChI is InChI=1S/C15H12FNO2/c16-12-7-10(6-11(8-12)15(18)19)13-4-3-9-2-1-5-17-14(9)13/h1-2,5-8,13H,3-4H2,(H,18,19). The quantitative estimate of drug-likeness (QED) is 0.899. The Morgan fingerprint density at radius 3 is 3.00 bits per heavy atom. The Bertz CT molecular complexity index is 654. The van der Waals surface area contributed by atoms with E-state index in [-0.39, 0.29) is 11.5 Å². The number of hydrogen-bond acceptors (Lipinski definition) is 2. The number of hydrogen-bond donors (Lipinski definition) is 1. The minimum atomic E-state index is -1.11. The van der Waals surface area contributed by atoms with Gasteiger partial charge in [0.2, 0.25) is 0 Å². The molecule has 3 rings (SSSR count). The average Bonchev–Trinajstić information content (AvgIpc) is 2.81. The van der Waals surface area contributed by atoms with Crippen molar-refractivity contribution in [3.05, 3.63) is 64.7 Å². The van der Waals surface area contributed by atoms with E-state index in [0.717, 1.165) is 30.2 Å². The summed E-state index contributed by atoms with van der Waals surface area (Å²) in [5, 5.41) is 8.99. The molecule has 2 aromatic rings. The van der Waals surface area contributed by atoms with Gasteiger partial charge >= 0.3 is 5.97 Å². The van der Waals surface area contributed by atoms with Crippen molar-refractivity contribution in [2.45, 2.75) is 18.8 Å². The van der Waals surface area contributed by atoms with Crippen LogP contribution >= 0.6 is 0 Å². The average molecular weight is 257 g/mol. The number of benzene rings is 1. The van der Waals surface area contributed by atoms with Gasteiger partial charge in [0.15, 0.2) is 0 Å². The fourth-order valence-electron chi connectivity index (χ4n) is 2.67. The third-order valence-electron chi connectivity index (χ3n) is 3.53. The summed E-state index contributed by atoms with van der Waals surface area (Å²) in [6.45, 7) is 0. The fraction of sp³-hybridized carbons (Fsp3) is 0.200. The van der Waals surface area contributed by atoms with Crippen LogP contribution in [0.25, 0.3) is 0 Å². The summed E-state index contributed by atoms with van der Waals surface area (Å²) in [6, 6.07) is 7.88. The van der Waals surface area contributed by atoms with Crippen LogP contribution in [0.15, 0.2) is 36.5 Å². The molecule has 0 spiro atoms. The highest BCUT2D eigenvalue weighted by molar-refractivity contribution is 5.87. The van der Waals surface area contributed by atoms with Crippen LogP contribution in [0.4, 0.5) is 4.39 Å². The van der Waals surface area contributed by atoms with Crippen molar-refractivity contribution in [1.29, 1.82) is 0 Å². The zero-order valence-corrected chi connectivity index (χ0v) is 10.1. The molecule has 0 saturated carbocycles. The molecule has 1 N–H and O–H groups in total. The highest BCUT2D eigenvalue weighted by atomic mass is 19.1. The molecule has 0 bridgehead atoms. The summed E-state index contributed by atoms with van der Waals surface area (Å²) >= 11 is 0. The Morgan fingerprint density at radius 1 is 1.37 bits per heavy atom. The summed E-state index contributed by atoms with van der Waals surface area (Å²) in [5.41, 5.74) is 2.77. The van der Waals surface area contributed by atoms with Crippen LogP contribution in [0, 0.1) is 5.82 Å². The van der Waals surface area contributed by atoms with E-state index in [0.29, 0.717) is 5.56 Å². The van der Waals surface area contributed by atoms with Crippen molar-refractivity contribution in [3.8, 4) is 0 Å². The molecule has 1 aliphatic rings. The Balaban J connectivity index is 2.07. The van der Waals surface area contributed by atoms with Crippen LogP contribution in [0.2, 0.25) is 0 Å². The number of aryl methyl sites for hydroxylation is 1. The molecule has 3 nitrogen and oxygen atoms in total. The van der Waals surface area contributed by atoms with E-state index >= 15 is 0 Å². The molecule has 0 amide bonds. The molecule has 4 heteroatoms. The molecular weight excluding hydrogens is 245 g/mol. The highest BCUT2D eigenvalue weighted by Gasteiger charge is 2.26. The van der Waals surface area contributed by atoms with E-state index in [1.165, 1.54) is 6.07 Å². The maximum atomic E-state index is 13.5. The van der Waals surface area contributed by atoms with Crippen LogP contribution in [0.5, 0.6) is 0 Å². The predicted molar refractivity (Wildman–Crippen MR) is 67.8 cm³/mol. The van der Waals surface area contributed by atoms with Gasteiger partial charge in [-0.1, -0.05) is 6.07 Å². The molecule has 0 saturated heterocycles. The fourth-order valence-corrected chi connectivity index (χ4v) is 2.67. The Labute approximate surface area is 109 Å². The number of fused-ring (bicyclic) bond motifs is 1. The molecule has 1 atom stereocenters. The molecule has 96 valence electrons. The second-order valence-electron chi connectivity index (χ2n) is 4.72. The lowest BCUT2D eigenvalue weighted by molar-refractivity contribution is 0.0696. The van der Waals surface area contributed by atoms with E-state index in [1.807, 2.05) is 12.1 Å². The normalized spacial score (nSPS) is 17.2. The van der Waals surface area contributed by atoms with Gasteiger partial charge in [-0.3, -0.25) is 4.98 Å². The first-order valence-electron chi connectivity index (χ1n) is 6.13. The largest absolute Gasteiger partial charge is 0.478 e. The van der Waals surface area contributed by atoms with E-state index in [1.54, 1.807) is 12.3 Å². The molecule has 1 aromatic heterocycles. The summed E-state index contributed by atoms with van der Waals surface area (Å²) in [4.78, 5) is 15.3. The van der Waals surface area contributed by atoms with Gasteiger partial charge < -0.3 is 5.11 Å². The molecule has 0 fully saturated rings. The lowest BCUT2D eigenvalue weighted by Crippen LogP contribution is -2.03. The molecule has 19 heavy (non-hydrogen) atoms. The van der Waals surface area contributed by atoms with Crippen LogP contribution in [-0.4, -0.2) is 16.1 Å². The first kappa shape index (κ1) is 11.8. The van der Waals surface area contributed by atoms with Gasteiger partial charge in [-0.2, -0.15) is 0 Å². The second-order valence-corrected chi connectivity index (χ2v) is 4.72. The predicted octanol–water partition coefficient (Wildman–Crippen LogP) is 3.00. The van der Waals surface area contributed by atoms with Gasteiger partial charge in [-0.25, -0.2) is 9.18 Å². The third kappa shape index (κ3) is 2.10. The van der Waals surface area contributed by atoms with Crippen molar-refractivity contribution in [1.82, 2.24) is 4.98 Å². The Hall–Kier alpha value is -2.23. The van der Waals surface area contributed by atoms with E-state index in [2.05, 4.69) is 4.98 Å². The van der Waals surface area contributed by atoms with Crippen molar-refractivity contribution >= 4 is 5.97 Å². The SMILES string of the molecule is O=C(O)c1cc(F)cc(C2CCc3cccnc32)c1. The molecular formula is C15H12FNO2. The van der Waals surface area contributed by atoms with Crippen molar-refractivity contribution < 1.29 is 14.3 Å². The zero-order chi connectivity index (χ0) is 13.4. The number of halogens is 1. The van der Waals surface area contributed by atoms with Gasteiger partial charge in [0.05, 0.1) is 11.3 Å². The van der Waals surface area contributed by atoms with Crippen LogP contribution in [0.1, 0.15) is 39.5 Å². The Kier molecular flexibility index (Phi) is 2.78. The first-order chi connectivity index (χ1) is 9.15. The smallest absolute Gasteiger partial charge is 0.335 e. The van der Waals surface area contributed by atoms with E-state index in [9.17, 15) is 9.18 Å². The summed E-state index contributed by atoms with van der Waals surface area (Å²) in [6.07, 6.45) is 3.45. The number of carbonyl (C=O) groups is 1. The molecule has 0 aliphatic heterocycles. The van der Waals surface area contributed by atoms with Gasteiger partial charge in [0.1, 0.15) is 5.82 Å². The van der Waals surface area contributed by atoms with E-state index < -0.39 is 11.8 Å². The minimum absolute atomic E-state index is 0.00926. The third-order valence-corrected chi connectivity index (χ3v) is 3.53. The molecule has 1 aliphatic carbocycles. The Morgan fingerprint density at radius 2 is 2.21 bits per heavy atom. The summed E-state index contributed by atoms with van der Waals surface area (Å²) < 4.78 is 13.5. The van der Waals surface area contributed by atoms with Gasteiger partial charge in [-0.15, -0.1) is 0 Å². The summed E-state index contributed by atoms with van der Waals surface area (Å²) in [7, 11) is 0. The van der Waals surface area contributed by atoms with Crippen LogP contribution < -0.4 is 0 Å². The van der Waals surface area contributed by atoms with Crippen molar-refractivity contribution in [2.24, 2.45) is 0 Å². The van der Waals surface area contributed by atoms with Gasteiger partial charge in [-0.05, 0) is 48.2 Å². The molecule has 1 unspecified atom stereocenters. The minimum Gasteiger partial charge on any atom is -0.478 e. The maximum absolute atomic E-state index is 13.5. The number of nitrogens with zero attached hydrogens (tertiary/aromatic N) is 1. The number of aromatic carboxylic acids is 1. The zero-order valence-electron chi connectivity index (χ0n) is 10.1. The lowest BCUT2D eigenvalue weighted by Gasteiger charge is -2.12. The number of aromatic nitrogens is 1. The lowest BCUT2D eigenvalue weighted by atomic mass is 9.95. The molecule has 1 aromatic carbocycles. The molecule has 1 heterocycles. The second kappa shape index (κ2) is 4.46. The van der Waals surface area contributed by atoms with Crippen molar-refractivity contribution in [3.63, 3.8) is 0 Å². The first-order valence-corrected chi connectivity index (χ1v) is 6.13. The van der Waals surface area contributed by atoms with Gasteiger partial charge in [0.25, 0.3) is 0 Å². The maximum Gasteiger partial charge on any atom is 0.335 e. The van der Waals surface area contributed by atoms with Gasteiger partial charge in [0, 0.05) is 12.1 Å². The van der Waals surface area contributed by atoms with E-state index in [4.69, 9.17) is 5.11 Å². The monoisotopic (exact) mass is 257 g/mol. The van der Waals surface area contributed by atoms with Crippen LogP contribution in [0.3, 0.4) is 0 Å². The van der Waals surface area contributed by atoms with Crippen LogP contribution in [-0.2, 0) is 6.42 Å².